The Hall–Kier alpha value is -1.14. The lowest BCUT2D eigenvalue weighted by Crippen LogP contribution is -2.59. The Labute approximate surface area is 101 Å². The molecule has 1 aliphatic rings. The normalized spacial score (nSPS) is 21.4. The molecule has 0 radical (unpaired) electrons. The van der Waals surface area contributed by atoms with Crippen LogP contribution in [0.2, 0.25) is 0 Å². The monoisotopic (exact) mass is 243 g/mol. The molecule has 3 N–H and O–H groups in total. The third-order valence-electron chi connectivity index (χ3n) is 3.02. The second kappa shape index (κ2) is 5.46. The zero-order valence-corrected chi connectivity index (χ0v) is 10.7. The van der Waals surface area contributed by atoms with Crippen molar-refractivity contribution in [3.8, 4) is 0 Å². The molecule has 98 valence electrons. The Morgan fingerprint density at radius 3 is 2.71 bits per heavy atom. The number of carbonyl (C=O) groups excluding carboxylic acids is 2. The van der Waals surface area contributed by atoms with Crippen LogP contribution in [0, 0.1) is 0 Å². The van der Waals surface area contributed by atoms with Crippen molar-refractivity contribution in [1.29, 1.82) is 0 Å². The van der Waals surface area contributed by atoms with Gasteiger partial charge in [-0.1, -0.05) is 0 Å². The van der Waals surface area contributed by atoms with E-state index in [0.717, 1.165) is 0 Å². The molecule has 1 atom stereocenters. The maximum atomic E-state index is 12.1. The van der Waals surface area contributed by atoms with E-state index in [1.165, 1.54) is 0 Å². The van der Waals surface area contributed by atoms with Gasteiger partial charge in [0.1, 0.15) is 6.04 Å². The van der Waals surface area contributed by atoms with E-state index in [-0.39, 0.29) is 12.3 Å². The first kappa shape index (κ1) is 13.9. The lowest BCUT2D eigenvalue weighted by molar-refractivity contribution is -0.144. The standard InChI is InChI=1S/C11H21N3O3/c1-11(2,17-3)6-9(15)14-5-4-13-7-8(14)10(12)16/h8,13H,4-7H2,1-3H3,(H2,12,16). The van der Waals surface area contributed by atoms with Crippen molar-refractivity contribution < 1.29 is 14.3 Å². The minimum absolute atomic E-state index is 0.0952. The number of piperazine rings is 1. The SMILES string of the molecule is COC(C)(C)CC(=O)N1CCNCC1C(N)=O. The molecule has 1 saturated heterocycles. The first-order valence-corrected chi connectivity index (χ1v) is 5.72. The summed E-state index contributed by atoms with van der Waals surface area (Å²) >= 11 is 0. The van der Waals surface area contributed by atoms with Crippen molar-refractivity contribution in [3.05, 3.63) is 0 Å². The second-order valence-electron chi connectivity index (χ2n) is 4.85. The number of primary amides is 1. The van der Waals surface area contributed by atoms with Crippen LogP contribution in [0.5, 0.6) is 0 Å². The Balaban J connectivity index is 2.69. The van der Waals surface area contributed by atoms with Crippen molar-refractivity contribution >= 4 is 11.8 Å². The number of rotatable bonds is 4. The molecule has 0 saturated carbocycles. The predicted octanol–water partition coefficient (Wildman–Crippen LogP) is -0.913. The zero-order chi connectivity index (χ0) is 13.1. The van der Waals surface area contributed by atoms with E-state index in [1.807, 2.05) is 13.8 Å². The van der Waals surface area contributed by atoms with Crippen LogP contribution >= 0.6 is 0 Å². The van der Waals surface area contributed by atoms with Crippen molar-refractivity contribution in [1.82, 2.24) is 10.2 Å². The molecule has 0 spiro atoms. The van der Waals surface area contributed by atoms with Gasteiger partial charge in [-0.2, -0.15) is 0 Å². The quantitative estimate of drug-likeness (QED) is 0.669. The summed E-state index contributed by atoms with van der Waals surface area (Å²) in [7, 11) is 1.57. The Bertz CT molecular complexity index is 304. The van der Waals surface area contributed by atoms with E-state index in [9.17, 15) is 9.59 Å². The Kier molecular flexibility index (Phi) is 4.47. The Morgan fingerprint density at radius 1 is 1.53 bits per heavy atom. The maximum absolute atomic E-state index is 12.1. The van der Waals surface area contributed by atoms with E-state index in [4.69, 9.17) is 10.5 Å². The molecule has 0 aromatic carbocycles. The summed E-state index contributed by atoms with van der Waals surface area (Å²) in [6.07, 6.45) is 0.243. The molecular weight excluding hydrogens is 222 g/mol. The number of nitrogens with two attached hydrogens (primary N) is 1. The largest absolute Gasteiger partial charge is 0.378 e. The highest BCUT2D eigenvalue weighted by molar-refractivity contribution is 5.87. The fraction of sp³-hybridized carbons (Fsp3) is 0.818. The van der Waals surface area contributed by atoms with Crippen LogP contribution in [-0.4, -0.2) is 55.1 Å². The van der Waals surface area contributed by atoms with Gasteiger partial charge in [-0.3, -0.25) is 9.59 Å². The highest BCUT2D eigenvalue weighted by atomic mass is 16.5. The van der Waals surface area contributed by atoms with Gasteiger partial charge in [0.2, 0.25) is 11.8 Å². The number of methoxy groups -OCH3 is 1. The smallest absolute Gasteiger partial charge is 0.241 e. The molecule has 17 heavy (non-hydrogen) atoms. The van der Waals surface area contributed by atoms with Gasteiger partial charge in [-0.25, -0.2) is 0 Å². The predicted molar refractivity (Wildman–Crippen MR) is 63.3 cm³/mol. The van der Waals surface area contributed by atoms with Crippen molar-refractivity contribution in [2.24, 2.45) is 5.73 Å². The number of hydrogen-bond donors (Lipinski definition) is 2. The highest BCUT2D eigenvalue weighted by Gasteiger charge is 2.33. The van der Waals surface area contributed by atoms with Gasteiger partial charge in [0.15, 0.2) is 0 Å². The third-order valence-corrected chi connectivity index (χ3v) is 3.02. The van der Waals surface area contributed by atoms with Crippen LogP contribution in [0.15, 0.2) is 0 Å². The summed E-state index contributed by atoms with van der Waals surface area (Å²) < 4.78 is 5.22. The van der Waals surface area contributed by atoms with Gasteiger partial charge < -0.3 is 20.7 Å². The molecule has 1 unspecified atom stereocenters. The number of carbonyl (C=O) groups is 2. The molecule has 0 bridgehead atoms. The van der Waals surface area contributed by atoms with Crippen molar-refractivity contribution in [2.45, 2.75) is 31.9 Å². The average Bonchev–Trinajstić information content (AvgIpc) is 2.28. The lowest BCUT2D eigenvalue weighted by atomic mass is 10.0. The maximum Gasteiger partial charge on any atom is 0.241 e. The van der Waals surface area contributed by atoms with E-state index in [0.29, 0.717) is 19.6 Å². The molecule has 1 heterocycles. The molecule has 6 heteroatoms. The lowest BCUT2D eigenvalue weighted by Gasteiger charge is -2.36. The van der Waals surface area contributed by atoms with E-state index in [2.05, 4.69) is 5.32 Å². The van der Waals surface area contributed by atoms with E-state index in [1.54, 1.807) is 12.0 Å². The summed E-state index contributed by atoms with van der Waals surface area (Å²) in [6.45, 7) is 5.29. The highest BCUT2D eigenvalue weighted by Crippen LogP contribution is 2.16. The van der Waals surface area contributed by atoms with E-state index < -0.39 is 17.6 Å². The molecule has 1 aliphatic heterocycles. The second-order valence-corrected chi connectivity index (χ2v) is 4.85. The fourth-order valence-corrected chi connectivity index (χ4v) is 1.79. The third kappa shape index (κ3) is 3.67. The number of amides is 2. The van der Waals surface area contributed by atoms with Crippen molar-refractivity contribution in [2.75, 3.05) is 26.7 Å². The first-order chi connectivity index (χ1) is 7.87. The molecule has 0 aliphatic carbocycles. The van der Waals surface area contributed by atoms with Gasteiger partial charge in [0, 0.05) is 26.7 Å². The zero-order valence-electron chi connectivity index (χ0n) is 10.7. The molecule has 6 nitrogen and oxygen atoms in total. The number of ether oxygens (including phenoxy) is 1. The van der Waals surface area contributed by atoms with Crippen LogP contribution in [0.25, 0.3) is 0 Å². The van der Waals surface area contributed by atoms with Gasteiger partial charge in [0.25, 0.3) is 0 Å². The van der Waals surface area contributed by atoms with Crippen LogP contribution in [0.4, 0.5) is 0 Å². The molecule has 1 fully saturated rings. The van der Waals surface area contributed by atoms with Crippen LogP contribution < -0.4 is 11.1 Å². The van der Waals surface area contributed by atoms with E-state index >= 15 is 0 Å². The first-order valence-electron chi connectivity index (χ1n) is 5.72. The molecule has 0 aromatic heterocycles. The van der Waals surface area contributed by atoms with Gasteiger partial charge in [-0.05, 0) is 13.8 Å². The average molecular weight is 243 g/mol. The fourth-order valence-electron chi connectivity index (χ4n) is 1.79. The van der Waals surface area contributed by atoms with Crippen LogP contribution in [0.3, 0.4) is 0 Å². The molecular formula is C11H21N3O3. The summed E-state index contributed by atoms with van der Waals surface area (Å²) in [5.41, 5.74) is 4.76. The van der Waals surface area contributed by atoms with Crippen molar-refractivity contribution in [3.63, 3.8) is 0 Å². The minimum atomic E-state index is -0.552. The summed E-state index contributed by atoms with van der Waals surface area (Å²) in [5, 5.41) is 3.05. The molecule has 2 amide bonds. The van der Waals surface area contributed by atoms with Gasteiger partial charge >= 0.3 is 0 Å². The van der Waals surface area contributed by atoms with Crippen LogP contribution in [-0.2, 0) is 14.3 Å². The minimum Gasteiger partial charge on any atom is -0.378 e. The summed E-state index contributed by atoms with van der Waals surface area (Å²) in [4.78, 5) is 24.9. The number of nitrogens with zero attached hydrogens (tertiary/aromatic N) is 1. The Morgan fingerprint density at radius 2 is 2.18 bits per heavy atom. The van der Waals surface area contributed by atoms with Gasteiger partial charge in [-0.15, -0.1) is 0 Å². The summed E-state index contributed by atoms with van der Waals surface area (Å²) in [5.74, 6) is -0.567. The van der Waals surface area contributed by atoms with Crippen LogP contribution in [0.1, 0.15) is 20.3 Å². The van der Waals surface area contributed by atoms with Gasteiger partial charge in [0.05, 0.1) is 12.0 Å². The number of hydrogen-bond acceptors (Lipinski definition) is 4. The number of nitrogens with one attached hydrogen (secondary N) is 1. The molecule has 0 aromatic rings. The summed E-state index contributed by atoms with van der Waals surface area (Å²) in [6, 6.07) is -0.552. The topological polar surface area (TPSA) is 84.7 Å². The molecule has 1 rings (SSSR count).